The van der Waals surface area contributed by atoms with Crippen molar-refractivity contribution in [3.05, 3.63) is 15.9 Å². The van der Waals surface area contributed by atoms with Crippen molar-refractivity contribution in [3.63, 3.8) is 0 Å². The summed E-state index contributed by atoms with van der Waals surface area (Å²) >= 11 is 4.18. The van der Waals surface area contributed by atoms with Gasteiger partial charge in [-0.05, 0) is 41.9 Å². The number of carboxylic acid groups (broad SMARTS) is 1. The SMILES string of the molecule is CC(C)N(CC(=O)O)C(=O)CNS(=O)(=O)c1ccc(Br)s1. The molecule has 0 saturated carbocycles. The molecule has 1 aromatic rings. The first-order chi connectivity index (χ1) is 9.63. The van der Waals surface area contributed by atoms with E-state index in [1.807, 2.05) is 0 Å². The highest BCUT2D eigenvalue weighted by Crippen LogP contribution is 2.25. The number of nitrogens with zero attached hydrogens (tertiary/aromatic N) is 1. The van der Waals surface area contributed by atoms with E-state index in [-0.39, 0.29) is 10.3 Å². The number of halogens is 1. The zero-order chi connectivity index (χ0) is 16.2. The lowest BCUT2D eigenvalue weighted by atomic mass is 10.3. The van der Waals surface area contributed by atoms with Crippen molar-refractivity contribution in [2.75, 3.05) is 13.1 Å². The van der Waals surface area contributed by atoms with Crippen LogP contribution in [-0.2, 0) is 19.6 Å². The van der Waals surface area contributed by atoms with E-state index in [0.29, 0.717) is 3.79 Å². The quantitative estimate of drug-likeness (QED) is 0.715. The first-order valence-electron chi connectivity index (χ1n) is 5.89. The number of amides is 1. The van der Waals surface area contributed by atoms with Gasteiger partial charge in [-0.25, -0.2) is 13.1 Å². The predicted molar refractivity (Wildman–Crippen MR) is 81.7 cm³/mol. The number of carbonyl (C=O) groups is 2. The summed E-state index contributed by atoms with van der Waals surface area (Å²) in [6, 6.07) is 2.67. The second kappa shape index (κ2) is 7.34. The third kappa shape index (κ3) is 5.38. The highest BCUT2D eigenvalue weighted by atomic mass is 79.9. The number of rotatable bonds is 7. The summed E-state index contributed by atoms with van der Waals surface area (Å²) in [7, 11) is -3.78. The minimum atomic E-state index is -3.78. The van der Waals surface area contributed by atoms with Gasteiger partial charge < -0.3 is 10.0 Å². The first-order valence-corrected chi connectivity index (χ1v) is 8.99. The number of hydrogen-bond donors (Lipinski definition) is 2. The Labute approximate surface area is 135 Å². The molecule has 7 nitrogen and oxygen atoms in total. The predicted octanol–water partition coefficient (Wildman–Crippen LogP) is 1.11. The average Bonchev–Trinajstić information content (AvgIpc) is 2.80. The number of hydrogen-bond acceptors (Lipinski definition) is 5. The Hall–Kier alpha value is -0.970. The maximum atomic E-state index is 12.0. The average molecular weight is 399 g/mol. The normalized spacial score (nSPS) is 11.6. The molecule has 0 spiro atoms. The minimum Gasteiger partial charge on any atom is -0.480 e. The third-order valence-electron chi connectivity index (χ3n) is 2.48. The maximum absolute atomic E-state index is 12.0. The van der Waals surface area contributed by atoms with Gasteiger partial charge in [0.1, 0.15) is 10.8 Å². The Morgan fingerprint density at radius 1 is 1.43 bits per heavy atom. The number of carboxylic acids is 1. The topological polar surface area (TPSA) is 104 Å². The summed E-state index contributed by atoms with van der Waals surface area (Å²) in [6.45, 7) is 2.36. The molecule has 21 heavy (non-hydrogen) atoms. The third-order valence-corrected chi connectivity index (χ3v) is 5.99. The monoisotopic (exact) mass is 398 g/mol. The zero-order valence-electron chi connectivity index (χ0n) is 11.4. The molecule has 1 aromatic heterocycles. The van der Waals surface area contributed by atoms with Crippen LogP contribution in [0.1, 0.15) is 13.8 Å². The molecule has 0 atom stereocenters. The summed E-state index contributed by atoms with van der Waals surface area (Å²) in [5.74, 6) is -1.74. The molecule has 10 heteroatoms. The standard InChI is InChI=1S/C11H15BrN2O5S2/c1-7(2)14(6-10(16)17)9(15)5-13-21(18,19)11-4-3-8(12)20-11/h3-4,7,13H,5-6H2,1-2H3,(H,16,17). The number of aliphatic carboxylic acids is 1. The molecular formula is C11H15BrN2O5S2. The van der Waals surface area contributed by atoms with Gasteiger partial charge in [-0.1, -0.05) is 0 Å². The van der Waals surface area contributed by atoms with Crippen LogP contribution < -0.4 is 4.72 Å². The van der Waals surface area contributed by atoms with Gasteiger partial charge in [0.05, 0.1) is 10.3 Å². The molecule has 0 fully saturated rings. The van der Waals surface area contributed by atoms with E-state index in [4.69, 9.17) is 5.11 Å². The maximum Gasteiger partial charge on any atom is 0.323 e. The van der Waals surface area contributed by atoms with E-state index < -0.39 is 35.0 Å². The number of carbonyl (C=O) groups excluding carboxylic acids is 1. The molecule has 0 saturated heterocycles. The van der Waals surface area contributed by atoms with Gasteiger partial charge in [-0.2, -0.15) is 0 Å². The van der Waals surface area contributed by atoms with Gasteiger partial charge >= 0.3 is 5.97 Å². The first kappa shape index (κ1) is 18.1. The van der Waals surface area contributed by atoms with Gasteiger partial charge in [-0.15, -0.1) is 11.3 Å². The van der Waals surface area contributed by atoms with Gasteiger partial charge in [0.25, 0.3) is 10.0 Å². The lowest BCUT2D eigenvalue weighted by Crippen LogP contribution is -2.45. The fraction of sp³-hybridized carbons (Fsp3) is 0.455. The number of thiophene rings is 1. The van der Waals surface area contributed by atoms with Crippen LogP contribution in [0, 0.1) is 0 Å². The Morgan fingerprint density at radius 3 is 2.48 bits per heavy atom. The van der Waals surface area contributed by atoms with Crippen molar-refractivity contribution in [2.24, 2.45) is 0 Å². The highest BCUT2D eigenvalue weighted by Gasteiger charge is 2.23. The molecular weight excluding hydrogens is 384 g/mol. The molecule has 0 unspecified atom stereocenters. The second-order valence-corrected chi connectivity index (χ2v) is 8.85. The Morgan fingerprint density at radius 2 is 2.05 bits per heavy atom. The number of sulfonamides is 1. The number of nitrogens with one attached hydrogen (secondary N) is 1. The highest BCUT2D eigenvalue weighted by molar-refractivity contribution is 9.11. The fourth-order valence-electron chi connectivity index (χ4n) is 1.48. The van der Waals surface area contributed by atoms with Crippen molar-refractivity contribution in [2.45, 2.75) is 24.1 Å². The van der Waals surface area contributed by atoms with E-state index in [0.717, 1.165) is 16.2 Å². The van der Waals surface area contributed by atoms with Crippen LogP contribution in [0.3, 0.4) is 0 Å². The molecule has 118 valence electrons. The minimum absolute atomic E-state index is 0.0801. The van der Waals surface area contributed by atoms with Gasteiger partial charge in [-0.3, -0.25) is 9.59 Å². The lowest BCUT2D eigenvalue weighted by molar-refractivity contribution is -0.145. The van der Waals surface area contributed by atoms with E-state index in [2.05, 4.69) is 20.7 Å². The van der Waals surface area contributed by atoms with E-state index in [1.54, 1.807) is 19.9 Å². The van der Waals surface area contributed by atoms with Crippen LogP contribution in [0.2, 0.25) is 0 Å². The van der Waals surface area contributed by atoms with Gasteiger partial charge in [0.2, 0.25) is 5.91 Å². The summed E-state index contributed by atoms with van der Waals surface area (Å²) in [4.78, 5) is 23.7. The molecule has 0 aliphatic heterocycles. The summed E-state index contributed by atoms with van der Waals surface area (Å²) < 4.78 is 26.8. The molecule has 0 aromatic carbocycles. The molecule has 2 N–H and O–H groups in total. The largest absolute Gasteiger partial charge is 0.480 e. The molecule has 1 amide bonds. The van der Waals surface area contributed by atoms with Crippen molar-refractivity contribution in [1.29, 1.82) is 0 Å². The van der Waals surface area contributed by atoms with Gasteiger partial charge in [0.15, 0.2) is 0 Å². The van der Waals surface area contributed by atoms with Crippen LogP contribution >= 0.6 is 27.3 Å². The van der Waals surface area contributed by atoms with Crippen molar-refractivity contribution in [3.8, 4) is 0 Å². The summed E-state index contributed by atoms with van der Waals surface area (Å²) in [6.07, 6.45) is 0. The fourth-order valence-corrected chi connectivity index (χ4v) is 4.51. The second-order valence-electron chi connectivity index (χ2n) is 4.39. The van der Waals surface area contributed by atoms with Crippen molar-refractivity contribution >= 4 is 49.2 Å². The lowest BCUT2D eigenvalue weighted by Gasteiger charge is -2.24. The Bertz CT molecular complexity index is 626. The summed E-state index contributed by atoms with van der Waals surface area (Å²) in [5.41, 5.74) is 0. The van der Waals surface area contributed by atoms with Crippen LogP contribution in [0.4, 0.5) is 0 Å². The Kier molecular flexibility index (Phi) is 6.32. The molecule has 0 aliphatic rings. The van der Waals surface area contributed by atoms with Crippen molar-refractivity contribution in [1.82, 2.24) is 9.62 Å². The van der Waals surface area contributed by atoms with Crippen molar-refractivity contribution < 1.29 is 23.1 Å². The van der Waals surface area contributed by atoms with Crippen LogP contribution in [-0.4, -0.2) is 49.4 Å². The molecule has 0 aliphatic carbocycles. The molecule has 0 bridgehead atoms. The van der Waals surface area contributed by atoms with E-state index in [9.17, 15) is 18.0 Å². The van der Waals surface area contributed by atoms with Crippen LogP contribution in [0.15, 0.2) is 20.1 Å². The van der Waals surface area contributed by atoms with Crippen LogP contribution in [0.5, 0.6) is 0 Å². The van der Waals surface area contributed by atoms with Crippen LogP contribution in [0.25, 0.3) is 0 Å². The van der Waals surface area contributed by atoms with E-state index >= 15 is 0 Å². The van der Waals surface area contributed by atoms with Gasteiger partial charge in [0, 0.05) is 6.04 Å². The molecule has 0 radical (unpaired) electrons. The molecule has 1 heterocycles. The zero-order valence-corrected chi connectivity index (χ0v) is 14.6. The summed E-state index contributed by atoms with van der Waals surface area (Å²) in [5, 5.41) is 8.75. The smallest absolute Gasteiger partial charge is 0.323 e. The Balaban J connectivity index is 2.72. The molecule has 1 rings (SSSR count). The van der Waals surface area contributed by atoms with E-state index in [1.165, 1.54) is 6.07 Å².